The smallest absolute Gasteiger partial charge is 0.305 e. The van der Waals surface area contributed by atoms with Crippen LogP contribution in [0, 0.1) is 0 Å². The lowest BCUT2D eigenvalue weighted by molar-refractivity contribution is -0.144. The van der Waals surface area contributed by atoms with E-state index >= 15 is 0 Å². The fraction of sp³-hybridized carbons (Fsp3) is 0.450. The summed E-state index contributed by atoms with van der Waals surface area (Å²) >= 11 is 6.59. The maximum Gasteiger partial charge on any atom is 0.305 e. The molecule has 2 rings (SSSR count). The fourth-order valence-electron chi connectivity index (χ4n) is 2.58. The second-order valence-electron chi connectivity index (χ2n) is 6.58. The Morgan fingerprint density at radius 3 is 2.62 bits per heavy atom. The Hall–Kier alpha value is -2.10. The predicted molar refractivity (Wildman–Crippen MR) is 118 cm³/mol. The second-order valence-corrected chi connectivity index (χ2v) is 8.25. The molecule has 0 atom stereocenters. The van der Waals surface area contributed by atoms with Crippen LogP contribution in [-0.2, 0) is 14.3 Å². The Morgan fingerprint density at radius 2 is 1.97 bits per heavy atom. The van der Waals surface area contributed by atoms with Crippen LogP contribution in [0.25, 0.3) is 6.08 Å². The Kier molecular flexibility index (Phi) is 8.94. The minimum absolute atomic E-state index is 0.157. The number of esters is 1. The van der Waals surface area contributed by atoms with E-state index in [-0.39, 0.29) is 18.3 Å². The summed E-state index contributed by atoms with van der Waals surface area (Å²) in [6.07, 6.45) is 2.52. The van der Waals surface area contributed by atoms with Crippen LogP contribution in [0.1, 0.15) is 18.4 Å². The van der Waals surface area contributed by atoms with E-state index in [0.717, 1.165) is 5.56 Å². The highest BCUT2D eigenvalue weighted by molar-refractivity contribution is 8.26. The van der Waals surface area contributed by atoms with Crippen LogP contribution in [0.4, 0.5) is 0 Å². The minimum atomic E-state index is -0.266. The zero-order valence-electron chi connectivity index (χ0n) is 17.1. The van der Waals surface area contributed by atoms with Crippen molar-refractivity contribution in [1.82, 2.24) is 9.80 Å². The van der Waals surface area contributed by atoms with Crippen molar-refractivity contribution in [3.63, 3.8) is 0 Å². The number of hydrogen-bond donors (Lipinski definition) is 0. The van der Waals surface area contributed by atoms with E-state index in [1.807, 2.05) is 25.1 Å². The number of rotatable bonds is 10. The number of hydrogen-bond acceptors (Lipinski definition) is 8. The molecule has 1 heterocycles. The molecule has 29 heavy (non-hydrogen) atoms. The van der Waals surface area contributed by atoms with Crippen LogP contribution in [0.15, 0.2) is 23.1 Å². The van der Waals surface area contributed by atoms with Crippen molar-refractivity contribution in [3.8, 4) is 11.5 Å². The molecule has 0 bridgehead atoms. The molecule has 1 aromatic rings. The number of benzene rings is 1. The Balaban J connectivity index is 1.92. The molecule has 1 aliphatic rings. The first-order valence-corrected chi connectivity index (χ1v) is 10.4. The average Bonchev–Trinajstić information content (AvgIpc) is 2.94. The van der Waals surface area contributed by atoms with Crippen LogP contribution in [-0.4, -0.2) is 74.0 Å². The Bertz CT molecular complexity index is 795. The molecular formula is C20H26N2O5S2. The van der Waals surface area contributed by atoms with E-state index in [1.165, 1.54) is 16.7 Å². The van der Waals surface area contributed by atoms with Crippen LogP contribution in [0.3, 0.4) is 0 Å². The van der Waals surface area contributed by atoms with Gasteiger partial charge in [-0.15, -0.1) is 0 Å². The van der Waals surface area contributed by atoms with Crippen molar-refractivity contribution in [3.05, 3.63) is 28.7 Å². The molecular weight excluding hydrogens is 412 g/mol. The van der Waals surface area contributed by atoms with Crippen molar-refractivity contribution < 1.29 is 23.8 Å². The van der Waals surface area contributed by atoms with Gasteiger partial charge in [0.25, 0.3) is 5.91 Å². The number of thiocarbonyl (C=S) groups is 1. The number of nitrogens with zero attached hydrogens (tertiary/aromatic N) is 2. The Labute approximate surface area is 181 Å². The molecule has 7 nitrogen and oxygen atoms in total. The van der Waals surface area contributed by atoms with Gasteiger partial charge in [-0.1, -0.05) is 30.0 Å². The van der Waals surface area contributed by atoms with Gasteiger partial charge in [-0.05, 0) is 44.3 Å². The summed E-state index contributed by atoms with van der Waals surface area (Å²) < 4.78 is 16.2. The van der Waals surface area contributed by atoms with Crippen LogP contribution < -0.4 is 9.47 Å². The summed E-state index contributed by atoms with van der Waals surface area (Å²) in [7, 11) is 6.96. The van der Waals surface area contributed by atoms with Gasteiger partial charge in [-0.2, -0.15) is 0 Å². The standard InChI is InChI=1S/C20H26N2O5S2/c1-21(2)10-11-27-18(23)6-5-9-22-19(24)17(29-20(22)28)13-14-7-8-15(25-3)16(12-14)26-4/h7-8,12-13H,5-6,9-11H2,1-4H3. The quantitative estimate of drug-likeness (QED) is 0.314. The van der Waals surface area contributed by atoms with Gasteiger partial charge in [-0.3, -0.25) is 14.5 Å². The molecule has 0 aliphatic carbocycles. The van der Waals surface area contributed by atoms with Gasteiger partial charge in [0.2, 0.25) is 0 Å². The molecule has 0 N–H and O–H groups in total. The highest BCUT2D eigenvalue weighted by atomic mass is 32.2. The molecule has 0 unspecified atom stereocenters. The van der Waals surface area contributed by atoms with E-state index in [9.17, 15) is 9.59 Å². The van der Waals surface area contributed by atoms with E-state index < -0.39 is 0 Å². The molecule has 0 aromatic heterocycles. The SMILES string of the molecule is COc1ccc(C=C2SC(=S)N(CCCC(=O)OCCN(C)C)C2=O)cc1OC. The first kappa shape index (κ1) is 23.2. The maximum atomic E-state index is 12.7. The summed E-state index contributed by atoms with van der Waals surface area (Å²) in [6, 6.07) is 5.43. The number of carbonyl (C=O) groups is 2. The largest absolute Gasteiger partial charge is 0.493 e. The van der Waals surface area contributed by atoms with Crippen LogP contribution in [0.5, 0.6) is 11.5 Å². The normalized spacial score (nSPS) is 15.3. The zero-order valence-corrected chi connectivity index (χ0v) is 18.7. The molecule has 0 spiro atoms. The minimum Gasteiger partial charge on any atom is -0.493 e. The van der Waals surface area contributed by atoms with Crippen LogP contribution in [0.2, 0.25) is 0 Å². The van der Waals surface area contributed by atoms with E-state index in [2.05, 4.69) is 0 Å². The van der Waals surface area contributed by atoms with Gasteiger partial charge in [-0.25, -0.2) is 0 Å². The van der Waals surface area contributed by atoms with Gasteiger partial charge in [0.15, 0.2) is 11.5 Å². The third-order valence-electron chi connectivity index (χ3n) is 4.14. The van der Waals surface area contributed by atoms with Gasteiger partial charge >= 0.3 is 5.97 Å². The lowest BCUT2D eigenvalue weighted by Gasteiger charge is -2.14. The van der Waals surface area contributed by atoms with Crippen molar-refractivity contribution in [2.24, 2.45) is 0 Å². The van der Waals surface area contributed by atoms with E-state index in [1.54, 1.807) is 32.4 Å². The second kappa shape index (κ2) is 11.2. The number of likely N-dealkylation sites (N-methyl/N-ethyl adjacent to an activating group) is 1. The molecule has 158 valence electrons. The molecule has 1 fully saturated rings. The summed E-state index contributed by atoms with van der Waals surface area (Å²) in [6.45, 7) is 1.43. The number of methoxy groups -OCH3 is 2. The van der Waals surface area contributed by atoms with Crippen molar-refractivity contribution >= 4 is 46.3 Å². The average molecular weight is 439 g/mol. The molecule has 1 amide bonds. The highest BCUT2D eigenvalue weighted by Crippen LogP contribution is 2.34. The maximum absolute atomic E-state index is 12.7. The van der Waals surface area contributed by atoms with Crippen LogP contribution >= 0.6 is 24.0 Å². The highest BCUT2D eigenvalue weighted by Gasteiger charge is 2.31. The third kappa shape index (κ3) is 6.73. The lowest BCUT2D eigenvalue weighted by Crippen LogP contribution is -2.29. The summed E-state index contributed by atoms with van der Waals surface area (Å²) in [5.41, 5.74) is 0.813. The monoisotopic (exact) mass is 438 g/mol. The summed E-state index contributed by atoms with van der Waals surface area (Å²) in [5, 5.41) is 0. The van der Waals surface area contributed by atoms with Crippen molar-refractivity contribution in [2.45, 2.75) is 12.8 Å². The first-order valence-electron chi connectivity index (χ1n) is 9.13. The predicted octanol–water partition coefficient (Wildman–Crippen LogP) is 2.79. The van der Waals surface area contributed by atoms with Crippen molar-refractivity contribution in [1.29, 1.82) is 0 Å². The van der Waals surface area contributed by atoms with E-state index in [0.29, 0.717) is 46.8 Å². The zero-order chi connectivity index (χ0) is 21.4. The van der Waals surface area contributed by atoms with Gasteiger partial charge in [0.05, 0.1) is 19.1 Å². The lowest BCUT2D eigenvalue weighted by atomic mass is 10.2. The number of carbonyl (C=O) groups excluding carboxylic acids is 2. The molecule has 0 radical (unpaired) electrons. The molecule has 0 saturated carbocycles. The van der Waals surface area contributed by atoms with Gasteiger partial charge in [0, 0.05) is 19.5 Å². The Morgan fingerprint density at radius 1 is 1.24 bits per heavy atom. The topological polar surface area (TPSA) is 68.3 Å². The fourth-order valence-corrected chi connectivity index (χ4v) is 3.89. The van der Waals surface area contributed by atoms with Gasteiger partial charge < -0.3 is 19.1 Å². The summed E-state index contributed by atoms with van der Waals surface area (Å²) in [5.74, 6) is 0.785. The van der Waals surface area contributed by atoms with E-state index in [4.69, 9.17) is 26.4 Å². The van der Waals surface area contributed by atoms with Crippen molar-refractivity contribution in [2.75, 3.05) is 48.0 Å². The number of ether oxygens (including phenoxy) is 3. The number of thioether (sulfide) groups is 1. The molecule has 1 aliphatic heterocycles. The van der Waals surface area contributed by atoms with Gasteiger partial charge in [0.1, 0.15) is 10.9 Å². The summed E-state index contributed by atoms with van der Waals surface area (Å²) in [4.78, 5) is 28.5. The first-order chi connectivity index (χ1) is 13.8. The number of amides is 1. The molecule has 9 heteroatoms. The molecule has 1 saturated heterocycles. The molecule has 1 aromatic carbocycles. The third-order valence-corrected chi connectivity index (χ3v) is 5.52.